The summed E-state index contributed by atoms with van der Waals surface area (Å²) in [6, 6.07) is 13.2. The average molecular weight is 290 g/mol. The van der Waals surface area contributed by atoms with E-state index in [1.807, 2.05) is 6.92 Å². The molecule has 3 aromatic rings. The van der Waals surface area contributed by atoms with Gasteiger partial charge in [-0.15, -0.1) is 0 Å². The molecule has 2 heterocycles. The molecule has 4 rings (SSSR count). The van der Waals surface area contributed by atoms with E-state index in [9.17, 15) is 0 Å². The van der Waals surface area contributed by atoms with E-state index in [-0.39, 0.29) is 0 Å². The summed E-state index contributed by atoms with van der Waals surface area (Å²) in [4.78, 5) is 9.47. The first-order chi connectivity index (χ1) is 10.00. The van der Waals surface area contributed by atoms with Gasteiger partial charge in [0.2, 0.25) is 0 Å². The average Bonchev–Trinajstić information content (AvgIpc) is 2.68. The number of hydrogen-bond acceptors (Lipinski definition) is 2. The third-order valence-corrected chi connectivity index (χ3v) is 7.96. The van der Waals surface area contributed by atoms with Crippen LogP contribution in [0.15, 0.2) is 36.4 Å². The quantitative estimate of drug-likeness (QED) is 0.595. The van der Waals surface area contributed by atoms with E-state index in [2.05, 4.69) is 61.4 Å². The van der Waals surface area contributed by atoms with Crippen molar-refractivity contribution in [2.45, 2.75) is 26.9 Å². The lowest BCUT2D eigenvalue weighted by Crippen LogP contribution is -2.51. The summed E-state index contributed by atoms with van der Waals surface area (Å²) in [6.45, 7) is 8.92. The molecule has 2 nitrogen and oxygen atoms in total. The predicted octanol–water partition coefficient (Wildman–Crippen LogP) is 3.05. The van der Waals surface area contributed by atoms with Gasteiger partial charge in [-0.25, -0.2) is 9.97 Å². The monoisotopic (exact) mass is 290 g/mol. The van der Waals surface area contributed by atoms with Gasteiger partial charge in [0.05, 0.1) is 0 Å². The molecule has 3 heteroatoms. The van der Waals surface area contributed by atoms with Gasteiger partial charge in [0.1, 0.15) is 13.9 Å². The highest BCUT2D eigenvalue weighted by molar-refractivity contribution is 7.03. The summed E-state index contributed by atoms with van der Waals surface area (Å²) in [5, 5.41) is 5.44. The van der Waals surface area contributed by atoms with E-state index < -0.39 is 8.07 Å². The van der Waals surface area contributed by atoms with Crippen molar-refractivity contribution in [2.24, 2.45) is 0 Å². The number of hydrogen-bond donors (Lipinski definition) is 0. The first-order valence-electron chi connectivity index (χ1n) is 7.38. The normalized spacial score (nSPS) is 15.0. The lowest BCUT2D eigenvalue weighted by Gasteiger charge is -2.17. The fourth-order valence-electron chi connectivity index (χ4n) is 3.65. The molecule has 2 aromatic carbocycles. The molecule has 1 aromatic heterocycles. The van der Waals surface area contributed by atoms with Crippen molar-refractivity contribution in [1.29, 1.82) is 0 Å². The van der Waals surface area contributed by atoms with Crippen LogP contribution in [0, 0.1) is 13.8 Å². The number of benzene rings is 2. The standard InChI is InChI=1S/C18H18N2Si/c1-11-16-17-14-8-6-5-7-13(14)9-10-15(17)21(3,4)18(16)20-12(2)19-11/h5-10H,1-4H3. The van der Waals surface area contributed by atoms with Crippen LogP contribution in [-0.2, 0) is 0 Å². The lowest BCUT2D eigenvalue weighted by atomic mass is 9.98. The van der Waals surface area contributed by atoms with Crippen molar-refractivity contribution in [2.75, 3.05) is 0 Å². The van der Waals surface area contributed by atoms with Crippen LogP contribution in [0.2, 0.25) is 13.1 Å². The number of aryl methyl sites for hydroxylation is 2. The van der Waals surface area contributed by atoms with E-state index in [1.54, 1.807) is 0 Å². The first-order valence-corrected chi connectivity index (χ1v) is 10.4. The minimum absolute atomic E-state index is 0.893. The minimum Gasteiger partial charge on any atom is -0.242 e. The molecule has 0 aliphatic carbocycles. The molecule has 0 N–H and O–H groups in total. The third-order valence-electron chi connectivity index (χ3n) is 4.65. The highest BCUT2D eigenvalue weighted by Crippen LogP contribution is 2.34. The number of rotatable bonds is 0. The smallest absolute Gasteiger partial charge is 0.137 e. The summed E-state index contributed by atoms with van der Waals surface area (Å²) >= 11 is 0. The Labute approximate surface area is 125 Å². The third kappa shape index (κ3) is 1.58. The van der Waals surface area contributed by atoms with Gasteiger partial charge in [0.25, 0.3) is 0 Å². The van der Waals surface area contributed by atoms with Crippen LogP contribution in [0.1, 0.15) is 11.5 Å². The van der Waals surface area contributed by atoms with Gasteiger partial charge in [-0.1, -0.05) is 49.5 Å². The van der Waals surface area contributed by atoms with Crippen molar-refractivity contribution in [3.63, 3.8) is 0 Å². The molecule has 0 saturated carbocycles. The van der Waals surface area contributed by atoms with Crippen molar-refractivity contribution in [3.05, 3.63) is 47.9 Å². The zero-order valence-electron chi connectivity index (χ0n) is 12.9. The largest absolute Gasteiger partial charge is 0.242 e. The number of fused-ring (bicyclic) bond motifs is 5. The second kappa shape index (κ2) is 4.01. The van der Waals surface area contributed by atoms with E-state index in [0.29, 0.717) is 0 Å². The Kier molecular flexibility index (Phi) is 2.43. The Morgan fingerprint density at radius 2 is 1.62 bits per heavy atom. The Balaban J connectivity index is 2.23. The fraction of sp³-hybridized carbons (Fsp3) is 0.222. The fourth-order valence-corrected chi connectivity index (χ4v) is 6.67. The first kappa shape index (κ1) is 12.7. The zero-order chi connectivity index (χ0) is 14.8. The van der Waals surface area contributed by atoms with Crippen molar-refractivity contribution >= 4 is 29.4 Å². The summed E-state index contributed by atoms with van der Waals surface area (Å²) in [6.07, 6.45) is 0. The molecule has 0 amide bonds. The molecule has 1 aliphatic heterocycles. The molecular weight excluding hydrogens is 272 g/mol. The van der Waals surface area contributed by atoms with E-state index in [4.69, 9.17) is 4.98 Å². The maximum absolute atomic E-state index is 4.84. The van der Waals surface area contributed by atoms with Crippen LogP contribution >= 0.6 is 0 Å². The second-order valence-corrected chi connectivity index (χ2v) is 10.7. The molecule has 1 aliphatic rings. The van der Waals surface area contributed by atoms with Crippen LogP contribution in [0.25, 0.3) is 21.9 Å². The topological polar surface area (TPSA) is 25.8 Å². The summed E-state index contributed by atoms with van der Waals surface area (Å²) in [5.74, 6) is 0.893. The molecule has 21 heavy (non-hydrogen) atoms. The summed E-state index contributed by atoms with van der Waals surface area (Å²) in [7, 11) is -1.71. The minimum atomic E-state index is -1.71. The Morgan fingerprint density at radius 3 is 2.43 bits per heavy atom. The van der Waals surface area contributed by atoms with Crippen molar-refractivity contribution in [3.8, 4) is 11.1 Å². The zero-order valence-corrected chi connectivity index (χ0v) is 13.9. The Hall–Kier alpha value is -2.00. The molecule has 0 bridgehead atoms. The van der Waals surface area contributed by atoms with Crippen LogP contribution in [0.5, 0.6) is 0 Å². The van der Waals surface area contributed by atoms with Gasteiger partial charge in [-0.2, -0.15) is 0 Å². The van der Waals surface area contributed by atoms with Crippen molar-refractivity contribution in [1.82, 2.24) is 9.97 Å². The molecule has 0 saturated heterocycles. The van der Waals surface area contributed by atoms with Gasteiger partial charge < -0.3 is 0 Å². The SMILES string of the molecule is Cc1nc(C)c2c(n1)[Si](C)(C)c1ccc3ccccc3c1-2. The van der Waals surface area contributed by atoms with E-state index in [0.717, 1.165) is 11.5 Å². The van der Waals surface area contributed by atoms with E-state index >= 15 is 0 Å². The Bertz CT molecular complexity index is 897. The molecular formula is C18H18N2Si. The van der Waals surface area contributed by atoms with Gasteiger partial charge in [0.15, 0.2) is 0 Å². The highest BCUT2D eigenvalue weighted by Gasteiger charge is 2.41. The van der Waals surface area contributed by atoms with Gasteiger partial charge in [0, 0.05) is 16.6 Å². The maximum Gasteiger partial charge on any atom is 0.137 e. The van der Waals surface area contributed by atoms with Crippen LogP contribution in [-0.4, -0.2) is 18.0 Å². The van der Waals surface area contributed by atoms with Crippen LogP contribution in [0.3, 0.4) is 0 Å². The van der Waals surface area contributed by atoms with Crippen LogP contribution in [0.4, 0.5) is 0 Å². The number of nitrogens with zero attached hydrogens (tertiary/aromatic N) is 2. The van der Waals surface area contributed by atoms with Crippen molar-refractivity contribution < 1.29 is 0 Å². The van der Waals surface area contributed by atoms with Gasteiger partial charge in [-0.05, 0) is 35.4 Å². The molecule has 0 fully saturated rings. The summed E-state index contributed by atoms with van der Waals surface area (Å²) < 4.78 is 0. The number of aromatic nitrogens is 2. The lowest BCUT2D eigenvalue weighted by molar-refractivity contribution is 1.03. The second-order valence-electron chi connectivity index (χ2n) is 6.41. The molecule has 104 valence electrons. The van der Waals surface area contributed by atoms with Crippen LogP contribution < -0.4 is 10.5 Å². The maximum atomic E-state index is 4.84. The Morgan fingerprint density at radius 1 is 0.857 bits per heavy atom. The molecule has 0 unspecified atom stereocenters. The summed E-state index contributed by atoms with van der Waals surface area (Å²) in [5.41, 5.74) is 3.80. The van der Waals surface area contributed by atoms with Gasteiger partial charge >= 0.3 is 0 Å². The van der Waals surface area contributed by atoms with E-state index in [1.165, 1.54) is 32.4 Å². The molecule has 0 radical (unpaired) electrons. The highest BCUT2D eigenvalue weighted by atomic mass is 28.3. The molecule has 0 atom stereocenters. The van der Waals surface area contributed by atoms with Gasteiger partial charge in [-0.3, -0.25) is 0 Å². The predicted molar refractivity (Wildman–Crippen MR) is 91.2 cm³/mol. The molecule has 0 spiro atoms.